The van der Waals surface area contributed by atoms with Gasteiger partial charge in [0, 0.05) is 10.5 Å². The van der Waals surface area contributed by atoms with E-state index < -0.39 is 0 Å². The molecule has 4 heteroatoms. The van der Waals surface area contributed by atoms with Crippen molar-refractivity contribution in [3.8, 4) is 0 Å². The number of rotatable bonds is 2. The summed E-state index contributed by atoms with van der Waals surface area (Å²) >= 11 is 3.46. The molecule has 1 aliphatic heterocycles. The average molecular weight is 294 g/mol. The summed E-state index contributed by atoms with van der Waals surface area (Å²) in [6.45, 7) is 0. The molecule has 1 heterocycles. The molecule has 17 heavy (non-hydrogen) atoms. The fourth-order valence-electron chi connectivity index (χ4n) is 2.42. The van der Waals surface area contributed by atoms with Crippen molar-refractivity contribution < 1.29 is 9.59 Å². The molecule has 0 N–H and O–H groups in total. The molecule has 1 saturated carbocycles. The van der Waals surface area contributed by atoms with E-state index >= 15 is 0 Å². The Morgan fingerprint density at radius 3 is 2.53 bits per heavy atom. The summed E-state index contributed by atoms with van der Waals surface area (Å²) in [5, 5.41) is 0. The van der Waals surface area contributed by atoms with Crippen LogP contribution in [0.1, 0.15) is 30.9 Å². The van der Waals surface area contributed by atoms with Crippen LogP contribution in [0.5, 0.6) is 0 Å². The zero-order valence-electron chi connectivity index (χ0n) is 9.23. The smallest absolute Gasteiger partial charge is 0.231 e. The Bertz CT molecular complexity index is 496. The fourth-order valence-corrected chi connectivity index (χ4v) is 2.93. The summed E-state index contributed by atoms with van der Waals surface area (Å²) < 4.78 is 0.902. The first-order chi connectivity index (χ1) is 8.18. The predicted octanol–water partition coefficient (Wildman–Crippen LogP) is 2.45. The van der Waals surface area contributed by atoms with Gasteiger partial charge in [-0.25, -0.2) is 0 Å². The van der Waals surface area contributed by atoms with Crippen molar-refractivity contribution in [1.29, 1.82) is 0 Å². The maximum Gasteiger partial charge on any atom is 0.231 e. The number of nitrogens with zero attached hydrogens (tertiary/aromatic N) is 1. The fraction of sp³-hybridized carbons (Fsp3) is 0.385. The predicted molar refractivity (Wildman–Crippen MR) is 66.4 cm³/mol. The summed E-state index contributed by atoms with van der Waals surface area (Å²) in [6, 6.07) is 7.56. The molecule has 1 aliphatic carbocycles. The minimum absolute atomic E-state index is 0.0155. The molecule has 1 amide bonds. The number of hydrogen-bond acceptors (Lipinski definition) is 2. The molecule has 0 aromatic heterocycles. The number of halogens is 1. The number of carbonyl (C=O) groups is 2. The monoisotopic (exact) mass is 293 g/mol. The molecule has 88 valence electrons. The first-order valence-electron chi connectivity index (χ1n) is 5.77. The van der Waals surface area contributed by atoms with E-state index in [-0.39, 0.29) is 30.2 Å². The van der Waals surface area contributed by atoms with Gasteiger partial charge in [-0.05, 0) is 24.5 Å². The lowest BCUT2D eigenvalue weighted by molar-refractivity contribution is -0.129. The van der Waals surface area contributed by atoms with Crippen molar-refractivity contribution in [2.75, 3.05) is 0 Å². The number of likely N-dealkylation sites (tertiary alicyclic amines) is 1. The standard InChI is InChI=1S/C13H12BrNO2/c14-10-4-2-1-3-9(10)13-11(16)7-12(17)15(13)8-5-6-8/h1-4,8,13H,5-7H2. The van der Waals surface area contributed by atoms with Gasteiger partial charge in [-0.3, -0.25) is 9.59 Å². The van der Waals surface area contributed by atoms with Crippen molar-refractivity contribution in [2.45, 2.75) is 31.3 Å². The van der Waals surface area contributed by atoms with Gasteiger partial charge in [-0.2, -0.15) is 0 Å². The van der Waals surface area contributed by atoms with Crippen LogP contribution in [0.2, 0.25) is 0 Å². The lowest BCUT2D eigenvalue weighted by Crippen LogP contribution is -2.31. The molecule has 1 saturated heterocycles. The van der Waals surface area contributed by atoms with Crippen LogP contribution < -0.4 is 0 Å². The van der Waals surface area contributed by atoms with E-state index in [1.165, 1.54) is 0 Å². The average Bonchev–Trinajstić information content (AvgIpc) is 3.06. The highest BCUT2D eigenvalue weighted by molar-refractivity contribution is 9.10. The molecule has 1 atom stereocenters. The summed E-state index contributed by atoms with van der Waals surface area (Å²) in [5.74, 6) is 0.00653. The van der Waals surface area contributed by atoms with E-state index in [4.69, 9.17) is 0 Å². The Hall–Kier alpha value is -1.16. The molecule has 2 fully saturated rings. The molecule has 0 bridgehead atoms. The van der Waals surface area contributed by atoms with Gasteiger partial charge in [0.15, 0.2) is 5.78 Å². The molecule has 0 radical (unpaired) electrons. The van der Waals surface area contributed by atoms with Crippen LogP contribution in [0.4, 0.5) is 0 Å². The number of carbonyl (C=O) groups excluding carboxylic acids is 2. The number of Topliss-reactive ketones (excluding diaryl/α,β-unsaturated/α-hetero) is 1. The lowest BCUT2D eigenvalue weighted by Gasteiger charge is -2.24. The first-order valence-corrected chi connectivity index (χ1v) is 6.56. The van der Waals surface area contributed by atoms with Gasteiger partial charge in [-0.1, -0.05) is 34.1 Å². The van der Waals surface area contributed by atoms with Crippen molar-refractivity contribution in [3.63, 3.8) is 0 Å². The van der Waals surface area contributed by atoms with Gasteiger partial charge in [0.25, 0.3) is 0 Å². The molecule has 1 aromatic rings. The third kappa shape index (κ3) is 1.80. The van der Waals surface area contributed by atoms with Crippen LogP contribution >= 0.6 is 15.9 Å². The lowest BCUT2D eigenvalue weighted by atomic mass is 10.0. The maximum atomic E-state index is 12.0. The Kier molecular flexibility index (Phi) is 2.54. The van der Waals surface area contributed by atoms with E-state index in [2.05, 4.69) is 15.9 Å². The molecule has 3 rings (SSSR count). The van der Waals surface area contributed by atoms with Crippen molar-refractivity contribution in [1.82, 2.24) is 4.90 Å². The minimum atomic E-state index is -0.370. The molecular formula is C13H12BrNO2. The Morgan fingerprint density at radius 2 is 1.88 bits per heavy atom. The second-order valence-corrected chi connectivity index (χ2v) is 5.45. The third-order valence-corrected chi connectivity index (χ3v) is 4.06. The van der Waals surface area contributed by atoms with Crippen LogP contribution in [0.3, 0.4) is 0 Å². The summed E-state index contributed by atoms with van der Waals surface area (Å²) in [6.07, 6.45) is 2.11. The van der Waals surface area contributed by atoms with Crippen molar-refractivity contribution in [3.05, 3.63) is 34.3 Å². The third-order valence-electron chi connectivity index (χ3n) is 3.34. The van der Waals surface area contributed by atoms with Crippen LogP contribution in [0.15, 0.2) is 28.7 Å². The highest BCUT2D eigenvalue weighted by Gasteiger charge is 2.46. The number of benzene rings is 1. The summed E-state index contributed by atoms with van der Waals surface area (Å²) in [5.41, 5.74) is 0.912. The van der Waals surface area contributed by atoms with Gasteiger partial charge in [0.2, 0.25) is 5.91 Å². The zero-order valence-corrected chi connectivity index (χ0v) is 10.8. The molecule has 1 unspecified atom stereocenters. The van der Waals surface area contributed by atoms with Crippen LogP contribution in [0, 0.1) is 0 Å². The van der Waals surface area contributed by atoms with E-state index in [9.17, 15) is 9.59 Å². The van der Waals surface area contributed by atoms with E-state index in [0.29, 0.717) is 0 Å². The quantitative estimate of drug-likeness (QED) is 0.786. The van der Waals surface area contributed by atoms with E-state index in [0.717, 1.165) is 22.9 Å². The van der Waals surface area contributed by atoms with Gasteiger partial charge in [0.05, 0.1) is 6.42 Å². The molecule has 1 aromatic carbocycles. The Labute approximate surface area is 108 Å². The van der Waals surface area contributed by atoms with E-state index in [1.807, 2.05) is 24.3 Å². The van der Waals surface area contributed by atoms with E-state index in [1.54, 1.807) is 4.90 Å². The molecule has 2 aliphatic rings. The van der Waals surface area contributed by atoms with Crippen molar-refractivity contribution >= 4 is 27.6 Å². The van der Waals surface area contributed by atoms with Crippen LogP contribution in [0.25, 0.3) is 0 Å². The topological polar surface area (TPSA) is 37.4 Å². The second kappa shape index (κ2) is 3.95. The number of hydrogen-bond donors (Lipinski definition) is 0. The maximum absolute atomic E-state index is 12.0. The van der Waals surface area contributed by atoms with Gasteiger partial charge < -0.3 is 4.90 Å². The van der Waals surface area contributed by atoms with Crippen molar-refractivity contribution in [2.24, 2.45) is 0 Å². The Morgan fingerprint density at radius 1 is 1.18 bits per heavy atom. The van der Waals surface area contributed by atoms with Gasteiger partial charge in [0.1, 0.15) is 6.04 Å². The largest absolute Gasteiger partial charge is 0.325 e. The Balaban J connectivity index is 2.02. The second-order valence-electron chi connectivity index (χ2n) is 4.60. The normalized spacial score (nSPS) is 24.5. The van der Waals surface area contributed by atoms with Gasteiger partial charge >= 0.3 is 0 Å². The van der Waals surface area contributed by atoms with Gasteiger partial charge in [-0.15, -0.1) is 0 Å². The molecule has 0 spiro atoms. The first kappa shape index (κ1) is 11.0. The minimum Gasteiger partial charge on any atom is -0.325 e. The molecular weight excluding hydrogens is 282 g/mol. The number of amides is 1. The molecule has 3 nitrogen and oxygen atoms in total. The summed E-state index contributed by atoms with van der Waals surface area (Å²) in [4.78, 5) is 25.6. The van der Waals surface area contributed by atoms with Crippen LogP contribution in [-0.4, -0.2) is 22.6 Å². The summed E-state index contributed by atoms with van der Waals surface area (Å²) in [7, 11) is 0. The highest BCUT2D eigenvalue weighted by Crippen LogP contribution is 2.41. The zero-order chi connectivity index (χ0) is 12.0. The highest BCUT2D eigenvalue weighted by atomic mass is 79.9. The van der Waals surface area contributed by atoms with Crippen LogP contribution in [-0.2, 0) is 9.59 Å². The SMILES string of the molecule is O=C1CC(=O)N(C2CC2)C1c1ccccc1Br. The number of ketones is 1.